The molecule has 0 aromatic carbocycles. The lowest BCUT2D eigenvalue weighted by atomic mass is 9.49. The lowest BCUT2D eigenvalue weighted by Gasteiger charge is -2.57. The first-order valence-electron chi connectivity index (χ1n) is 7.54. The number of likely N-dealkylation sites (tertiary alicyclic amines) is 1. The first-order chi connectivity index (χ1) is 8.01. The molecule has 0 aromatic rings. The Morgan fingerprint density at radius 2 is 1.94 bits per heavy atom. The fourth-order valence-corrected chi connectivity index (χ4v) is 4.53. The summed E-state index contributed by atoms with van der Waals surface area (Å²) in [7, 11) is 2.48. The normalized spacial score (nSPS) is 38.2. The van der Waals surface area contributed by atoms with Gasteiger partial charge in [0, 0.05) is 0 Å². The summed E-state index contributed by atoms with van der Waals surface area (Å²) in [4.78, 5) is 0. The third-order valence-electron chi connectivity index (χ3n) is 6.04. The van der Waals surface area contributed by atoms with Crippen LogP contribution < -0.4 is 0 Å². The molecule has 0 amide bonds. The van der Waals surface area contributed by atoms with Crippen molar-refractivity contribution in [3.8, 4) is 0 Å². The summed E-state index contributed by atoms with van der Waals surface area (Å²) in [6.45, 7) is 9.16. The third-order valence-corrected chi connectivity index (χ3v) is 6.04. The van der Waals surface area contributed by atoms with Crippen molar-refractivity contribution in [1.82, 2.24) is 0 Å². The zero-order valence-electron chi connectivity index (χ0n) is 11.8. The molecular weight excluding hydrogens is 206 g/mol. The Morgan fingerprint density at radius 3 is 2.53 bits per heavy atom. The zero-order valence-corrected chi connectivity index (χ0v) is 11.8. The Bertz CT molecular complexity index is 333. The number of fused-ring (bicyclic) bond motifs is 1. The molecule has 2 bridgehead atoms. The highest BCUT2D eigenvalue weighted by molar-refractivity contribution is 5.23. The molecule has 4 rings (SSSR count). The lowest BCUT2D eigenvalue weighted by molar-refractivity contribution is -0.910. The molecule has 3 aliphatic carbocycles. The summed E-state index contributed by atoms with van der Waals surface area (Å²) < 4.78 is 1.32. The Morgan fingerprint density at radius 1 is 1.24 bits per heavy atom. The Balaban J connectivity index is 1.71. The summed E-state index contributed by atoms with van der Waals surface area (Å²) >= 11 is 0. The van der Waals surface area contributed by atoms with Crippen molar-refractivity contribution in [2.45, 2.75) is 46.0 Å². The van der Waals surface area contributed by atoms with Crippen molar-refractivity contribution in [2.24, 2.45) is 17.3 Å². The molecule has 0 spiro atoms. The molecule has 2 fully saturated rings. The number of nitrogens with zero attached hydrogens (tertiary/aromatic N) is 1. The largest absolute Gasteiger partial charge is 0.323 e. The van der Waals surface area contributed by atoms with Crippen LogP contribution in [-0.4, -0.2) is 31.2 Å². The van der Waals surface area contributed by atoms with E-state index in [1.165, 1.54) is 56.2 Å². The smallest absolute Gasteiger partial charge is 0.100 e. The minimum absolute atomic E-state index is 0.610. The van der Waals surface area contributed by atoms with Crippen molar-refractivity contribution in [1.29, 1.82) is 0 Å². The Hall–Kier alpha value is -0.300. The molecule has 1 aliphatic heterocycles. The summed E-state index contributed by atoms with van der Waals surface area (Å²) in [5, 5.41) is 0. The molecule has 0 aromatic heterocycles. The number of hydrogen-bond acceptors (Lipinski definition) is 0. The number of quaternary nitrogens is 1. The SMILES string of the molecule is CC1(C)[C@H]2CC=C(C[N+]3(C)CCCCC3)[C@H]1C2. The molecule has 96 valence electrons. The number of rotatable bonds is 2. The van der Waals surface area contributed by atoms with Crippen LogP contribution in [0.2, 0.25) is 0 Å². The van der Waals surface area contributed by atoms with Crippen molar-refractivity contribution in [3.63, 3.8) is 0 Å². The van der Waals surface area contributed by atoms with Crippen LogP contribution in [0.5, 0.6) is 0 Å². The third kappa shape index (κ3) is 1.87. The van der Waals surface area contributed by atoms with E-state index in [0.29, 0.717) is 5.41 Å². The van der Waals surface area contributed by atoms with Gasteiger partial charge in [0.25, 0.3) is 0 Å². The topological polar surface area (TPSA) is 0 Å². The number of allylic oxidation sites excluding steroid dienone is 1. The van der Waals surface area contributed by atoms with Crippen molar-refractivity contribution < 1.29 is 4.48 Å². The van der Waals surface area contributed by atoms with Gasteiger partial charge in [-0.2, -0.15) is 0 Å². The number of likely N-dealkylation sites (N-methyl/N-ethyl adjacent to an activating group) is 1. The van der Waals surface area contributed by atoms with Crippen molar-refractivity contribution in [3.05, 3.63) is 11.6 Å². The van der Waals surface area contributed by atoms with Gasteiger partial charge < -0.3 is 4.48 Å². The van der Waals surface area contributed by atoms with Gasteiger partial charge in [0.05, 0.1) is 20.1 Å². The first-order valence-corrected chi connectivity index (χ1v) is 7.54. The maximum Gasteiger partial charge on any atom is 0.100 e. The fourth-order valence-electron chi connectivity index (χ4n) is 4.53. The molecule has 2 atom stereocenters. The molecule has 1 saturated heterocycles. The predicted molar refractivity (Wildman–Crippen MR) is 72.7 cm³/mol. The van der Waals surface area contributed by atoms with Crippen molar-refractivity contribution in [2.75, 3.05) is 26.7 Å². The van der Waals surface area contributed by atoms with Crippen molar-refractivity contribution >= 4 is 0 Å². The summed E-state index contributed by atoms with van der Waals surface area (Å²) in [6.07, 6.45) is 9.80. The molecule has 1 saturated carbocycles. The maximum absolute atomic E-state index is 2.60. The van der Waals surface area contributed by atoms with Gasteiger partial charge in [-0.05, 0) is 54.9 Å². The minimum Gasteiger partial charge on any atom is -0.323 e. The molecule has 0 N–H and O–H groups in total. The number of piperidine rings is 1. The van der Waals surface area contributed by atoms with Gasteiger partial charge in [0.1, 0.15) is 6.54 Å². The molecule has 17 heavy (non-hydrogen) atoms. The summed E-state index contributed by atoms with van der Waals surface area (Å²) in [5.74, 6) is 1.90. The fraction of sp³-hybridized carbons (Fsp3) is 0.875. The average Bonchev–Trinajstić information content (AvgIpc) is 2.29. The van der Waals surface area contributed by atoms with E-state index in [0.717, 1.165) is 11.8 Å². The van der Waals surface area contributed by atoms with Gasteiger partial charge >= 0.3 is 0 Å². The van der Waals surface area contributed by atoms with Crippen LogP contribution in [0.15, 0.2) is 11.6 Å². The van der Waals surface area contributed by atoms with E-state index in [9.17, 15) is 0 Å². The van der Waals surface area contributed by atoms with Crippen LogP contribution in [-0.2, 0) is 0 Å². The molecule has 1 nitrogen and oxygen atoms in total. The highest BCUT2D eigenvalue weighted by atomic mass is 15.3. The average molecular weight is 234 g/mol. The lowest BCUT2D eigenvalue weighted by Crippen LogP contribution is -2.54. The second kappa shape index (κ2) is 3.85. The van der Waals surface area contributed by atoms with E-state index in [-0.39, 0.29) is 0 Å². The van der Waals surface area contributed by atoms with E-state index in [1.54, 1.807) is 0 Å². The van der Waals surface area contributed by atoms with E-state index in [4.69, 9.17) is 0 Å². The second-order valence-corrected chi connectivity index (χ2v) is 7.61. The van der Waals surface area contributed by atoms with Crippen LogP contribution in [0.25, 0.3) is 0 Å². The van der Waals surface area contributed by atoms with Crippen LogP contribution >= 0.6 is 0 Å². The summed E-state index contributed by atoms with van der Waals surface area (Å²) in [5.41, 5.74) is 2.42. The molecule has 1 heterocycles. The molecular formula is C16H28N+. The molecule has 0 unspecified atom stereocenters. The van der Waals surface area contributed by atoms with Gasteiger partial charge in [-0.25, -0.2) is 0 Å². The standard InChI is InChI=1S/C16H28N/c1-16(2)14-8-7-13(15(16)11-14)12-17(3)9-5-4-6-10-17/h7,14-15H,4-6,8-12H2,1-3H3/q+1/t14-,15+/m0/s1. The van der Waals surface area contributed by atoms with E-state index >= 15 is 0 Å². The van der Waals surface area contributed by atoms with Crippen LogP contribution in [0.4, 0.5) is 0 Å². The van der Waals surface area contributed by atoms with Gasteiger partial charge in [-0.15, -0.1) is 0 Å². The summed E-state index contributed by atoms with van der Waals surface area (Å²) in [6, 6.07) is 0. The van der Waals surface area contributed by atoms with Gasteiger partial charge in [0.15, 0.2) is 0 Å². The zero-order chi connectivity index (χ0) is 12.1. The van der Waals surface area contributed by atoms with Gasteiger partial charge in [-0.1, -0.05) is 19.9 Å². The number of hydrogen-bond donors (Lipinski definition) is 0. The Kier molecular flexibility index (Phi) is 2.66. The van der Waals surface area contributed by atoms with Crippen LogP contribution in [0.3, 0.4) is 0 Å². The van der Waals surface area contributed by atoms with Gasteiger partial charge in [-0.3, -0.25) is 0 Å². The second-order valence-electron chi connectivity index (χ2n) is 7.61. The predicted octanol–water partition coefficient (Wildman–Crippen LogP) is 3.61. The van der Waals surface area contributed by atoms with E-state index < -0.39 is 0 Å². The quantitative estimate of drug-likeness (QED) is 0.506. The molecule has 0 radical (unpaired) electrons. The monoisotopic (exact) mass is 234 g/mol. The van der Waals surface area contributed by atoms with Crippen LogP contribution in [0.1, 0.15) is 46.0 Å². The highest BCUT2D eigenvalue weighted by Gasteiger charge is 2.52. The van der Waals surface area contributed by atoms with E-state index in [1.807, 2.05) is 5.57 Å². The maximum atomic E-state index is 2.60. The molecule has 4 aliphatic rings. The minimum atomic E-state index is 0.610. The first kappa shape index (κ1) is 11.8. The highest BCUT2D eigenvalue weighted by Crippen LogP contribution is 2.59. The Labute approximate surface area is 106 Å². The van der Waals surface area contributed by atoms with Gasteiger partial charge in [0.2, 0.25) is 0 Å². The molecule has 1 heteroatoms. The van der Waals surface area contributed by atoms with Crippen LogP contribution in [0, 0.1) is 17.3 Å². The van der Waals surface area contributed by atoms with E-state index in [2.05, 4.69) is 27.0 Å².